The van der Waals surface area contributed by atoms with Crippen LogP contribution >= 0.6 is 15.6 Å². The number of amides is 1. The van der Waals surface area contributed by atoms with Gasteiger partial charge in [-0.25, -0.2) is 18.3 Å². The second-order valence-corrected chi connectivity index (χ2v) is 12.8. The highest BCUT2D eigenvalue weighted by Crippen LogP contribution is 2.61. The van der Waals surface area contributed by atoms with Gasteiger partial charge in [0.15, 0.2) is 36.3 Å². The van der Waals surface area contributed by atoms with Gasteiger partial charge in [0.1, 0.15) is 30.0 Å². The summed E-state index contributed by atoms with van der Waals surface area (Å²) in [6, 6.07) is 2.14. The molecule has 2 unspecified atom stereocenters. The van der Waals surface area contributed by atoms with Gasteiger partial charge in [-0.1, -0.05) is 0 Å². The van der Waals surface area contributed by atoms with Crippen LogP contribution < -0.4 is 21.7 Å². The molecule has 43 heavy (non-hydrogen) atoms. The van der Waals surface area contributed by atoms with Gasteiger partial charge >= 0.3 is 21.3 Å². The number of ether oxygens (including phenoxy) is 1. The van der Waals surface area contributed by atoms with Crippen LogP contribution in [0, 0.1) is 11.7 Å². The van der Waals surface area contributed by atoms with E-state index in [4.69, 9.17) is 20.7 Å². The Hall–Kier alpha value is -2.71. The summed E-state index contributed by atoms with van der Waals surface area (Å²) < 4.78 is 59.2. The van der Waals surface area contributed by atoms with Crippen molar-refractivity contribution in [2.24, 2.45) is 11.7 Å². The van der Waals surface area contributed by atoms with Crippen molar-refractivity contribution in [2.75, 3.05) is 18.9 Å². The van der Waals surface area contributed by atoms with Crippen molar-refractivity contribution in [1.82, 2.24) is 9.55 Å². The van der Waals surface area contributed by atoms with Gasteiger partial charge < -0.3 is 46.4 Å². The van der Waals surface area contributed by atoms with Gasteiger partial charge in [-0.3, -0.25) is 18.4 Å². The van der Waals surface area contributed by atoms with Crippen LogP contribution in [0.1, 0.15) is 29.0 Å². The number of carbonyl (C=O) groups excluding carboxylic acids is 1. The number of primary amides is 1. The van der Waals surface area contributed by atoms with Crippen molar-refractivity contribution in [1.29, 1.82) is 0 Å². The number of nitrogens with zero attached hydrogens (tertiary/aromatic N) is 3. The molecule has 3 heterocycles. The molecule has 238 valence electrons. The van der Waals surface area contributed by atoms with E-state index < -0.39 is 101 Å². The topological polar surface area (TPSA) is 300 Å². The summed E-state index contributed by atoms with van der Waals surface area (Å²) in [5.41, 5.74) is 9.44. The van der Waals surface area contributed by atoms with E-state index >= 15 is 0 Å². The van der Waals surface area contributed by atoms with Crippen LogP contribution in [-0.2, 0) is 27.2 Å². The van der Waals surface area contributed by atoms with Gasteiger partial charge in [-0.05, 0) is 6.07 Å². The number of aliphatic hydroxyl groups excluding tert-OH is 4. The quantitative estimate of drug-likeness (QED) is 0.0895. The smallest absolute Gasteiger partial charge is 0.390 e. The molecule has 10 N–H and O–H groups in total. The second kappa shape index (κ2) is 12.7. The minimum Gasteiger partial charge on any atom is -0.390 e. The molecule has 19 nitrogen and oxygen atoms in total. The lowest BCUT2D eigenvalue weighted by Crippen LogP contribution is -2.45. The molecule has 1 saturated carbocycles. The third-order valence-corrected chi connectivity index (χ3v) is 9.47. The first-order chi connectivity index (χ1) is 20.0. The Bertz CT molecular complexity index is 1510. The van der Waals surface area contributed by atoms with E-state index in [-0.39, 0.29) is 12.0 Å². The molecule has 0 radical (unpaired) electrons. The third kappa shape index (κ3) is 7.51. The number of rotatable bonds is 11. The standard InChI is InChI=1S/C21H28FN5O14P2/c22-11-6-27(21(33)25-18(11)23)20-17(31)16(30)13(40-20)8-39-43(36,37)41-42(34,35)38-7-10-4-12(15(29)14(10)28)26-3-1-2-9(5-26)19(24)32/h1-3,5-6,10,12-17,20,28-31H,4,7-8H2,(H5-,23,24,25,32,33,34,35,36,37)/p+1/t10-,12-,13+,14-,15+,16+,17+,20+/m1/s1. The summed E-state index contributed by atoms with van der Waals surface area (Å²) in [4.78, 5) is 46.6. The second-order valence-electron chi connectivity index (χ2n) is 9.77. The number of nitrogens with two attached hydrogens (primary N) is 2. The van der Waals surface area contributed by atoms with Gasteiger partial charge in [0.25, 0.3) is 5.91 Å². The summed E-state index contributed by atoms with van der Waals surface area (Å²) in [6.45, 7) is -1.75. The Morgan fingerprint density at radius 3 is 2.42 bits per heavy atom. The fraction of sp³-hybridized carbons (Fsp3) is 0.524. The Balaban J connectivity index is 1.33. The van der Waals surface area contributed by atoms with E-state index in [0.29, 0.717) is 10.8 Å². The zero-order chi connectivity index (χ0) is 31.9. The SMILES string of the molecule is NC(=O)c1ccc[n+]([C@@H]2C[C@H](COP(=O)(O)OP(=O)(O)OC[C@@H]3O[C@H](n4cc(F)c(N)nc4=O)[C@@H](O)[C@H]3O)[C@@H](O)[C@H]2O)c1. The maximum atomic E-state index is 13.8. The first kappa shape index (κ1) is 33.2. The molecule has 2 aliphatic rings. The van der Waals surface area contributed by atoms with Gasteiger partial charge in [-0.15, -0.1) is 0 Å². The van der Waals surface area contributed by atoms with Gasteiger partial charge in [0, 0.05) is 18.4 Å². The average Bonchev–Trinajstić information content (AvgIpc) is 3.37. The van der Waals surface area contributed by atoms with E-state index in [1.54, 1.807) is 0 Å². The number of hydrogen-bond donors (Lipinski definition) is 8. The number of nitrogen functional groups attached to an aromatic ring is 1. The fourth-order valence-corrected chi connectivity index (χ4v) is 6.81. The predicted molar refractivity (Wildman–Crippen MR) is 136 cm³/mol. The molecule has 22 heteroatoms. The number of aromatic nitrogens is 3. The molecule has 2 fully saturated rings. The van der Waals surface area contributed by atoms with Crippen molar-refractivity contribution in [3.63, 3.8) is 0 Å². The van der Waals surface area contributed by atoms with Crippen molar-refractivity contribution in [2.45, 2.75) is 49.2 Å². The van der Waals surface area contributed by atoms with E-state index in [1.807, 2.05) is 0 Å². The normalized spacial score (nSPS) is 31.9. The molecule has 4 rings (SSSR count). The number of phosphoric ester groups is 2. The molecule has 1 aliphatic carbocycles. The first-order valence-corrected chi connectivity index (χ1v) is 15.4. The summed E-state index contributed by atoms with van der Waals surface area (Å²) in [6.07, 6.45) is -6.49. The van der Waals surface area contributed by atoms with Crippen LogP contribution in [0.5, 0.6) is 0 Å². The first-order valence-electron chi connectivity index (χ1n) is 12.4. The molecule has 2 aromatic rings. The molecule has 1 aliphatic heterocycles. The van der Waals surface area contributed by atoms with Crippen LogP contribution in [0.3, 0.4) is 0 Å². The lowest BCUT2D eigenvalue weighted by atomic mass is 10.1. The van der Waals surface area contributed by atoms with E-state index in [1.165, 1.54) is 29.1 Å². The molecule has 0 bridgehead atoms. The molecule has 1 amide bonds. The van der Waals surface area contributed by atoms with Crippen LogP contribution in [0.2, 0.25) is 0 Å². The number of phosphoric acid groups is 2. The van der Waals surface area contributed by atoms with Crippen molar-refractivity contribution in [3.05, 3.63) is 52.6 Å². The molecule has 10 atom stereocenters. The zero-order valence-electron chi connectivity index (χ0n) is 21.8. The predicted octanol–water partition coefficient (Wildman–Crippen LogP) is -2.80. The van der Waals surface area contributed by atoms with Gasteiger partial charge in [0.2, 0.25) is 0 Å². The maximum Gasteiger partial charge on any atom is 0.481 e. The van der Waals surface area contributed by atoms with E-state index in [9.17, 15) is 53.3 Å². The fourth-order valence-electron chi connectivity index (χ4n) is 4.68. The Kier molecular flexibility index (Phi) is 9.82. The highest BCUT2D eigenvalue weighted by molar-refractivity contribution is 7.61. The minimum absolute atomic E-state index is 0.0145. The summed E-state index contributed by atoms with van der Waals surface area (Å²) in [5.74, 6) is -3.56. The van der Waals surface area contributed by atoms with Gasteiger partial charge in [0.05, 0.1) is 25.5 Å². The Morgan fingerprint density at radius 2 is 1.77 bits per heavy atom. The number of aliphatic hydroxyl groups is 4. The summed E-state index contributed by atoms with van der Waals surface area (Å²) >= 11 is 0. The van der Waals surface area contributed by atoms with Crippen LogP contribution in [0.25, 0.3) is 0 Å². The lowest BCUT2D eigenvalue weighted by molar-refractivity contribution is -0.728. The highest BCUT2D eigenvalue weighted by Gasteiger charge is 2.49. The maximum absolute atomic E-state index is 13.8. The van der Waals surface area contributed by atoms with Crippen LogP contribution in [-0.4, -0.2) is 89.4 Å². The number of hydrogen-bond acceptors (Lipinski definition) is 14. The number of halogens is 1. The Morgan fingerprint density at radius 1 is 1.12 bits per heavy atom. The highest BCUT2D eigenvalue weighted by atomic mass is 31.3. The summed E-state index contributed by atoms with van der Waals surface area (Å²) in [7, 11) is -10.8. The van der Waals surface area contributed by atoms with Crippen LogP contribution in [0.15, 0.2) is 35.5 Å². The monoisotopic (exact) mass is 656 g/mol. The van der Waals surface area contributed by atoms with E-state index in [0.717, 1.165) is 0 Å². The zero-order valence-corrected chi connectivity index (χ0v) is 23.6. The van der Waals surface area contributed by atoms with Crippen LogP contribution in [0.4, 0.5) is 10.2 Å². The minimum atomic E-state index is -5.42. The molecule has 0 aromatic carbocycles. The third-order valence-electron chi connectivity index (χ3n) is 6.87. The Labute approximate surface area is 240 Å². The van der Waals surface area contributed by atoms with Crippen molar-refractivity contribution < 1.29 is 71.2 Å². The molecule has 1 saturated heterocycles. The number of anilines is 1. The molecular weight excluding hydrogens is 627 g/mol. The lowest BCUT2D eigenvalue weighted by Gasteiger charge is -2.20. The van der Waals surface area contributed by atoms with Gasteiger partial charge in [-0.2, -0.15) is 13.9 Å². The van der Waals surface area contributed by atoms with Crippen molar-refractivity contribution in [3.8, 4) is 0 Å². The summed E-state index contributed by atoms with van der Waals surface area (Å²) in [5, 5.41) is 41.3. The molecular formula is C21H29FN5O14P2+. The molecule has 2 aromatic heterocycles. The largest absolute Gasteiger partial charge is 0.481 e. The van der Waals surface area contributed by atoms with Crippen molar-refractivity contribution >= 4 is 27.4 Å². The average molecular weight is 656 g/mol. The number of carbonyl (C=O) groups is 1. The van der Waals surface area contributed by atoms with E-state index in [2.05, 4.69) is 13.8 Å². The number of pyridine rings is 1. The molecule has 0 spiro atoms.